The average Bonchev–Trinajstić information content (AvgIpc) is 3.19. The smallest absolute Gasteiger partial charge is 0.145 e. The van der Waals surface area contributed by atoms with Gasteiger partial charge in [0, 0.05) is 22.1 Å². The van der Waals surface area contributed by atoms with E-state index in [2.05, 4.69) is 31.2 Å². The van der Waals surface area contributed by atoms with Crippen LogP contribution in [0, 0.1) is 6.92 Å². The third-order valence-electron chi connectivity index (χ3n) is 3.99. The number of hydrogen-bond acceptors (Lipinski definition) is 4. The lowest BCUT2D eigenvalue weighted by atomic mass is 10.2. The van der Waals surface area contributed by atoms with E-state index in [0.29, 0.717) is 0 Å². The molecule has 0 bridgehead atoms. The molecule has 0 aliphatic rings. The number of nitrogens with zero attached hydrogens (tertiary/aromatic N) is 3. The zero-order chi connectivity index (χ0) is 17.4. The first-order valence-electron chi connectivity index (χ1n) is 7.75. The van der Waals surface area contributed by atoms with Crippen LogP contribution in [0.1, 0.15) is 5.69 Å². The molecule has 0 atom stereocenters. The van der Waals surface area contributed by atoms with E-state index in [4.69, 9.17) is 9.72 Å². The molecule has 126 valence electrons. The topological polar surface area (TPSA) is 67.2 Å². The van der Waals surface area contributed by atoms with Gasteiger partial charge in [0.15, 0.2) is 0 Å². The van der Waals surface area contributed by atoms with Crippen LogP contribution >= 0.6 is 15.9 Å². The second-order valence-electron chi connectivity index (χ2n) is 5.61. The van der Waals surface area contributed by atoms with Gasteiger partial charge in [-0.1, -0.05) is 0 Å². The normalized spacial score (nSPS) is 11.0. The van der Waals surface area contributed by atoms with Gasteiger partial charge in [-0.2, -0.15) is 0 Å². The van der Waals surface area contributed by atoms with Gasteiger partial charge in [-0.15, -0.1) is 0 Å². The minimum atomic E-state index is 0.799. The Hall–Kier alpha value is -2.80. The number of ether oxygens (including phenoxy) is 1. The summed E-state index contributed by atoms with van der Waals surface area (Å²) < 4.78 is 8.21. The van der Waals surface area contributed by atoms with Crippen molar-refractivity contribution in [3.05, 3.63) is 59.1 Å². The molecule has 0 spiro atoms. The van der Waals surface area contributed by atoms with Crippen molar-refractivity contribution in [2.24, 2.45) is 0 Å². The summed E-state index contributed by atoms with van der Waals surface area (Å²) in [6.07, 6.45) is 3.67. The first-order valence-corrected chi connectivity index (χ1v) is 8.54. The molecule has 4 rings (SSSR count). The Morgan fingerprint density at radius 1 is 1.12 bits per heavy atom. The average molecular weight is 398 g/mol. The molecule has 6 nitrogen and oxygen atoms in total. The number of rotatable bonds is 4. The van der Waals surface area contributed by atoms with Crippen LogP contribution in [0.4, 0.5) is 11.5 Å². The molecule has 0 aliphatic carbocycles. The molecule has 0 saturated carbocycles. The summed E-state index contributed by atoms with van der Waals surface area (Å²) in [7, 11) is 1.66. The number of imidazole rings is 2. The van der Waals surface area contributed by atoms with Gasteiger partial charge in [0.25, 0.3) is 0 Å². The molecule has 3 heterocycles. The Labute approximate surface area is 153 Å². The Kier molecular flexibility index (Phi) is 3.93. The number of aromatic nitrogens is 4. The molecule has 0 amide bonds. The Balaban J connectivity index is 1.87. The van der Waals surface area contributed by atoms with E-state index in [9.17, 15) is 0 Å². The van der Waals surface area contributed by atoms with Crippen molar-refractivity contribution in [2.75, 3.05) is 12.4 Å². The van der Waals surface area contributed by atoms with Crippen LogP contribution in [0.5, 0.6) is 5.75 Å². The largest absolute Gasteiger partial charge is 0.497 e. The molecule has 0 unspecified atom stereocenters. The maximum absolute atomic E-state index is 5.22. The SMILES string of the molecule is COc1ccc(Nc2c(-c3nc[nH]c3C)nc3ccc(Br)cn23)cc1. The second-order valence-corrected chi connectivity index (χ2v) is 6.53. The molecular weight excluding hydrogens is 382 g/mol. The summed E-state index contributed by atoms with van der Waals surface area (Å²) in [6, 6.07) is 11.7. The fourth-order valence-corrected chi connectivity index (χ4v) is 3.05. The van der Waals surface area contributed by atoms with E-state index in [0.717, 1.165) is 44.5 Å². The number of halogens is 1. The summed E-state index contributed by atoms with van der Waals surface area (Å²) in [5, 5.41) is 3.46. The molecule has 7 heteroatoms. The molecule has 4 aromatic rings. The van der Waals surface area contributed by atoms with E-state index < -0.39 is 0 Å². The molecule has 3 aromatic heterocycles. The second kappa shape index (κ2) is 6.25. The van der Waals surface area contributed by atoms with Crippen LogP contribution in [0.25, 0.3) is 17.0 Å². The number of methoxy groups -OCH3 is 1. The summed E-state index contributed by atoms with van der Waals surface area (Å²) in [5.41, 5.74) is 4.39. The van der Waals surface area contributed by atoms with E-state index in [1.54, 1.807) is 13.4 Å². The summed E-state index contributed by atoms with van der Waals surface area (Å²) in [6.45, 7) is 1.99. The highest BCUT2D eigenvalue weighted by Crippen LogP contribution is 2.32. The number of aromatic amines is 1. The van der Waals surface area contributed by atoms with Crippen LogP contribution in [0.2, 0.25) is 0 Å². The van der Waals surface area contributed by atoms with Crippen molar-refractivity contribution >= 4 is 33.1 Å². The number of nitrogens with one attached hydrogen (secondary N) is 2. The van der Waals surface area contributed by atoms with E-state index in [1.807, 2.05) is 53.9 Å². The number of hydrogen-bond donors (Lipinski definition) is 2. The third-order valence-corrected chi connectivity index (χ3v) is 4.46. The van der Waals surface area contributed by atoms with Gasteiger partial charge < -0.3 is 15.0 Å². The summed E-state index contributed by atoms with van der Waals surface area (Å²) >= 11 is 3.53. The number of fused-ring (bicyclic) bond motifs is 1. The molecule has 0 fully saturated rings. The van der Waals surface area contributed by atoms with E-state index in [1.165, 1.54) is 0 Å². The maximum atomic E-state index is 5.22. The highest BCUT2D eigenvalue weighted by molar-refractivity contribution is 9.10. The summed E-state index contributed by atoms with van der Waals surface area (Å²) in [5.74, 6) is 1.67. The van der Waals surface area contributed by atoms with Crippen LogP contribution in [-0.4, -0.2) is 26.5 Å². The number of H-pyrrole nitrogens is 1. The van der Waals surface area contributed by atoms with Crippen LogP contribution in [0.3, 0.4) is 0 Å². The minimum Gasteiger partial charge on any atom is -0.497 e. The van der Waals surface area contributed by atoms with E-state index in [-0.39, 0.29) is 0 Å². The first kappa shape index (κ1) is 15.7. The van der Waals surface area contributed by atoms with Gasteiger partial charge in [0.05, 0.1) is 13.4 Å². The number of benzene rings is 1. The van der Waals surface area contributed by atoms with Gasteiger partial charge in [0.1, 0.15) is 28.6 Å². The predicted molar refractivity (Wildman–Crippen MR) is 101 cm³/mol. The molecular formula is C18H16BrN5O. The summed E-state index contributed by atoms with van der Waals surface area (Å²) in [4.78, 5) is 12.3. The standard InChI is InChI=1S/C18H16BrN5O/c1-11-16(21-10-20-11)17-18(22-13-4-6-14(25-2)7-5-13)24-9-12(19)3-8-15(24)23-17/h3-10,22H,1-2H3,(H,20,21). The van der Waals surface area contributed by atoms with Gasteiger partial charge in [0.2, 0.25) is 0 Å². The van der Waals surface area contributed by atoms with Crippen LogP contribution < -0.4 is 10.1 Å². The quantitative estimate of drug-likeness (QED) is 0.530. The Morgan fingerprint density at radius 2 is 1.92 bits per heavy atom. The highest BCUT2D eigenvalue weighted by Gasteiger charge is 2.18. The van der Waals surface area contributed by atoms with Gasteiger partial charge >= 0.3 is 0 Å². The molecule has 1 aromatic carbocycles. The highest BCUT2D eigenvalue weighted by atomic mass is 79.9. The molecule has 0 aliphatic heterocycles. The molecule has 0 saturated heterocycles. The predicted octanol–water partition coefficient (Wildman–Crippen LogP) is 4.55. The lowest BCUT2D eigenvalue weighted by Gasteiger charge is -2.09. The van der Waals surface area contributed by atoms with Crippen molar-refractivity contribution in [1.29, 1.82) is 0 Å². The molecule has 2 N–H and O–H groups in total. The van der Waals surface area contributed by atoms with Gasteiger partial charge in [-0.25, -0.2) is 9.97 Å². The Bertz CT molecular complexity index is 1040. The maximum Gasteiger partial charge on any atom is 0.145 e. The number of pyridine rings is 1. The van der Waals surface area contributed by atoms with E-state index >= 15 is 0 Å². The number of anilines is 2. The lowest BCUT2D eigenvalue weighted by Crippen LogP contribution is -1.97. The monoisotopic (exact) mass is 397 g/mol. The minimum absolute atomic E-state index is 0.799. The van der Waals surface area contributed by atoms with Crippen molar-refractivity contribution in [1.82, 2.24) is 19.4 Å². The zero-order valence-corrected chi connectivity index (χ0v) is 15.3. The van der Waals surface area contributed by atoms with Gasteiger partial charge in [-0.3, -0.25) is 4.40 Å². The first-order chi connectivity index (χ1) is 12.2. The van der Waals surface area contributed by atoms with Crippen molar-refractivity contribution in [2.45, 2.75) is 6.92 Å². The van der Waals surface area contributed by atoms with Crippen LogP contribution in [-0.2, 0) is 0 Å². The van der Waals surface area contributed by atoms with Crippen LogP contribution in [0.15, 0.2) is 53.4 Å². The molecule has 0 radical (unpaired) electrons. The fourth-order valence-electron chi connectivity index (χ4n) is 2.71. The molecule has 25 heavy (non-hydrogen) atoms. The fraction of sp³-hybridized carbons (Fsp3) is 0.111. The van der Waals surface area contributed by atoms with Crippen molar-refractivity contribution < 1.29 is 4.74 Å². The lowest BCUT2D eigenvalue weighted by molar-refractivity contribution is 0.415. The van der Waals surface area contributed by atoms with Crippen molar-refractivity contribution in [3.8, 4) is 17.1 Å². The van der Waals surface area contributed by atoms with Crippen molar-refractivity contribution in [3.63, 3.8) is 0 Å². The number of aryl methyl sites for hydroxylation is 1. The Morgan fingerprint density at radius 3 is 2.60 bits per heavy atom. The third kappa shape index (κ3) is 2.87. The van der Waals surface area contributed by atoms with Gasteiger partial charge in [-0.05, 0) is 59.3 Å². The zero-order valence-electron chi connectivity index (χ0n) is 13.7.